The van der Waals surface area contributed by atoms with Crippen LogP contribution in [0.3, 0.4) is 0 Å². The first-order valence-electron chi connectivity index (χ1n) is 12.2. The molecule has 0 aromatic heterocycles. The molecule has 0 spiro atoms. The van der Waals surface area contributed by atoms with Crippen LogP contribution in [0.15, 0.2) is 93.9 Å². The second kappa shape index (κ2) is 10.7. The van der Waals surface area contributed by atoms with E-state index < -0.39 is 5.92 Å². The summed E-state index contributed by atoms with van der Waals surface area (Å²) in [5.74, 6) is 0.473. The van der Waals surface area contributed by atoms with Crippen molar-refractivity contribution in [3.8, 4) is 17.6 Å². The molecule has 1 heterocycles. The zero-order valence-corrected chi connectivity index (χ0v) is 22.3. The number of carbonyl (C=O) groups excluding carboxylic acids is 1. The summed E-state index contributed by atoms with van der Waals surface area (Å²) < 4.78 is 25.6. The van der Waals surface area contributed by atoms with Crippen molar-refractivity contribution in [1.82, 2.24) is 0 Å². The van der Waals surface area contributed by atoms with Gasteiger partial charge >= 0.3 is 0 Å². The summed E-state index contributed by atoms with van der Waals surface area (Å²) in [4.78, 5) is 15.3. The van der Waals surface area contributed by atoms with Crippen molar-refractivity contribution in [2.24, 2.45) is 5.73 Å². The first kappa shape index (κ1) is 25.6. The Morgan fingerprint density at radius 2 is 1.92 bits per heavy atom. The number of nitriles is 1. The molecule has 0 radical (unpaired) electrons. The van der Waals surface area contributed by atoms with Gasteiger partial charge in [0.1, 0.15) is 29.7 Å². The number of anilines is 1. The summed E-state index contributed by atoms with van der Waals surface area (Å²) in [5.41, 5.74) is 10.7. The van der Waals surface area contributed by atoms with Gasteiger partial charge in [-0.25, -0.2) is 4.39 Å². The Balaban J connectivity index is 1.60. The molecule has 1 aliphatic heterocycles. The van der Waals surface area contributed by atoms with E-state index in [-0.39, 0.29) is 18.2 Å². The minimum atomic E-state index is -0.610. The van der Waals surface area contributed by atoms with E-state index in [1.165, 1.54) is 12.1 Å². The van der Waals surface area contributed by atoms with E-state index in [1.807, 2.05) is 41.3 Å². The number of nitrogens with two attached hydrogens (primary N) is 1. The van der Waals surface area contributed by atoms with Crippen molar-refractivity contribution < 1.29 is 18.7 Å². The normalized spacial score (nSPS) is 17.3. The number of rotatable bonds is 6. The van der Waals surface area contributed by atoms with E-state index in [1.54, 1.807) is 25.3 Å². The van der Waals surface area contributed by atoms with Gasteiger partial charge in [0, 0.05) is 33.4 Å². The van der Waals surface area contributed by atoms with Crippen LogP contribution in [-0.2, 0) is 11.4 Å². The minimum absolute atomic E-state index is 0.0106. The molecule has 6 nitrogen and oxygen atoms in total. The molecule has 3 aromatic rings. The number of ether oxygens (including phenoxy) is 2. The van der Waals surface area contributed by atoms with Gasteiger partial charge in [0.15, 0.2) is 5.78 Å². The van der Waals surface area contributed by atoms with E-state index in [9.17, 15) is 14.4 Å². The average Bonchev–Trinajstić information content (AvgIpc) is 2.92. The molecule has 2 N–H and O–H groups in total. The van der Waals surface area contributed by atoms with Crippen molar-refractivity contribution >= 4 is 27.4 Å². The summed E-state index contributed by atoms with van der Waals surface area (Å²) >= 11 is 3.51. The molecule has 0 unspecified atom stereocenters. The fraction of sp³-hybridized carbons (Fsp3) is 0.200. The summed E-state index contributed by atoms with van der Waals surface area (Å²) in [5, 5.41) is 10.3. The van der Waals surface area contributed by atoms with Gasteiger partial charge in [0.05, 0.1) is 24.7 Å². The third kappa shape index (κ3) is 4.77. The number of methoxy groups -OCH3 is 1. The maximum atomic E-state index is 13.4. The molecule has 38 heavy (non-hydrogen) atoms. The van der Waals surface area contributed by atoms with E-state index in [4.69, 9.17) is 15.2 Å². The highest BCUT2D eigenvalue weighted by Crippen LogP contribution is 2.47. The van der Waals surface area contributed by atoms with Crippen LogP contribution >= 0.6 is 15.9 Å². The monoisotopic (exact) mass is 573 g/mol. The Morgan fingerprint density at radius 3 is 2.63 bits per heavy atom. The highest BCUT2D eigenvalue weighted by Gasteiger charge is 2.40. The van der Waals surface area contributed by atoms with Crippen molar-refractivity contribution in [3.63, 3.8) is 0 Å². The van der Waals surface area contributed by atoms with E-state index in [0.717, 1.165) is 27.0 Å². The fourth-order valence-electron chi connectivity index (χ4n) is 5.11. The van der Waals surface area contributed by atoms with Crippen LogP contribution in [0.4, 0.5) is 10.1 Å². The molecule has 0 saturated carbocycles. The molecule has 8 heteroatoms. The van der Waals surface area contributed by atoms with Gasteiger partial charge in [-0.05, 0) is 73.0 Å². The minimum Gasteiger partial charge on any atom is -0.496 e. The number of carbonyl (C=O) groups is 1. The first-order valence-corrected chi connectivity index (χ1v) is 13.0. The van der Waals surface area contributed by atoms with Crippen molar-refractivity contribution in [3.05, 3.63) is 111 Å². The number of benzene rings is 3. The van der Waals surface area contributed by atoms with Gasteiger partial charge in [-0.3, -0.25) is 9.69 Å². The van der Waals surface area contributed by atoms with E-state index in [0.29, 0.717) is 47.7 Å². The SMILES string of the molecule is COc1ccc([C@@H]2C(C#N)=C(N)N(c3cccc(Br)c3)C3=C2C(=O)CCC3)cc1COc1ccc(F)cc1. The van der Waals surface area contributed by atoms with E-state index >= 15 is 0 Å². The van der Waals surface area contributed by atoms with Gasteiger partial charge in [-0.15, -0.1) is 0 Å². The Morgan fingerprint density at radius 1 is 1.13 bits per heavy atom. The highest BCUT2D eigenvalue weighted by molar-refractivity contribution is 9.10. The number of halogens is 2. The number of ketones is 1. The van der Waals surface area contributed by atoms with Crippen molar-refractivity contribution in [2.45, 2.75) is 31.8 Å². The summed E-state index contributed by atoms with van der Waals surface area (Å²) in [7, 11) is 1.57. The summed E-state index contributed by atoms with van der Waals surface area (Å²) in [6, 6.07) is 21.3. The quantitative estimate of drug-likeness (QED) is 0.363. The molecular weight excluding hydrogens is 549 g/mol. The molecule has 0 saturated heterocycles. The Kier molecular flexibility index (Phi) is 7.21. The second-order valence-electron chi connectivity index (χ2n) is 9.11. The van der Waals surface area contributed by atoms with Crippen LogP contribution in [0.2, 0.25) is 0 Å². The van der Waals surface area contributed by atoms with Crippen LogP contribution < -0.4 is 20.1 Å². The predicted octanol–water partition coefficient (Wildman–Crippen LogP) is 6.48. The van der Waals surface area contributed by atoms with Gasteiger partial charge in [-0.2, -0.15) is 5.26 Å². The molecule has 0 fully saturated rings. The molecule has 0 amide bonds. The van der Waals surface area contributed by atoms with Gasteiger partial charge in [0.2, 0.25) is 0 Å². The summed E-state index contributed by atoms with van der Waals surface area (Å²) in [6.07, 6.45) is 1.79. The smallest absolute Gasteiger partial charge is 0.161 e. The zero-order chi connectivity index (χ0) is 26.8. The Labute approximate surface area is 228 Å². The van der Waals surface area contributed by atoms with Gasteiger partial charge < -0.3 is 15.2 Å². The second-order valence-corrected chi connectivity index (χ2v) is 10.0. The third-order valence-corrected chi connectivity index (χ3v) is 7.32. The molecule has 192 valence electrons. The number of nitrogens with zero attached hydrogens (tertiary/aromatic N) is 2. The van der Waals surface area contributed by atoms with Crippen LogP contribution in [0.5, 0.6) is 11.5 Å². The molecule has 2 aliphatic rings. The predicted molar refractivity (Wildman–Crippen MR) is 146 cm³/mol. The molecule has 1 aliphatic carbocycles. The van der Waals surface area contributed by atoms with Crippen LogP contribution in [0.25, 0.3) is 0 Å². The van der Waals surface area contributed by atoms with E-state index in [2.05, 4.69) is 22.0 Å². The average molecular weight is 574 g/mol. The fourth-order valence-corrected chi connectivity index (χ4v) is 5.50. The first-order chi connectivity index (χ1) is 18.4. The lowest BCUT2D eigenvalue weighted by atomic mass is 9.75. The largest absolute Gasteiger partial charge is 0.496 e. The van der Waals surface area contributed by atoms with Crippen LogP contribution in [0.1, 0.15) is 36.3 Å². The van der Waals surface area contributed by atoms with Crippen molar-refractivity contribution in [2.75, 3.05) is 12.0 Å². The standard InChI is InChI=1S/C30H25BrFN3O3/c1-37-27-13-8-18(14-19(27)17-38-23-11-9-21(32)10-12-23)28-24(16-33)30(34)35(22-5-2-4-20(31)15-22)25-6-3-7-26(36)29(25)28/h2,4-5,8-15,28H,3,6-7,17,34H2,1H3/t28-/m1/s1. The Bertz CT molecular complexity index is 1510. The van der Waals surface area contributed by atoms with Gasteiger partial charge in [-0.1, -0.05) is 28.1 Å². The number of hydrogen-bond donors (Lipinski definition) is 1. The zero-order valence-electron chi connectivity index (χ0n) is 20.7. The molecule has 5 rings (SSSR count). The number of hydrogen-bond acceptors (Lipinski definition) is 6. The maximum absolute atomic E-state index is 13.4. The van der Waals surface area contributed by atoms with Crippen LogP contribution in [0, 0.1) is 17.1 Å². The van der Waals surface area contributed by atoms with Crippen LogP contribution in [-0.4, -0.2) is 12.9 Å². The van der Waals surface area contributed by atoms with Gasteiger partial charge in [0.25, 0.3) is 0 Å². The van der Waals surface area contributed by atoms with Crippen molar-refractivity contribution in [1.29, 1.82) is 5.26 Å². The lowest BCUT2D eigenvalue weighted by Gasteiger charge is -2.39. The number of allylic oxidation sites excluding steroid dienone is 3. The molecule has 1 atom stereocenters. The molecule has 3 aromatic carbocycles. The maximum Gasteiger partial charge on any atom is 0.161 e. The highest BCUT2D eigenvalue weighted by atomic mass is 79.9. The topological polar surface area (TPSA) is 88.6 Å². The summed E-state index contributed by atoms with van der Waals surface area (Å²) in [6.45, 7) is 0.153. The molecule has 0 bridgehead atoms. The Hall–Kier alpha value is -4.09. The molecular formula is C30H25BrFN3O3. The lowest BCUT2D eigenvalue weighted by Crippen LogP contribution is -2.38. The number of Topliss-reactive ketones (excluding diaryl/α,β-unsaturated/α-hetero) is 1. The third-order valence-electron chi connectivity index (χ3n) is 6.83. The lowest BCUT2D eigenvalue weighted by molar-refractivity contribution is -0.116.